The van der Waals surface area contributed by atoms with Crippen molar-refractivity contribution in [3.63, 3.8) is 0 Å². The Kier molecular flexibility index (Phi) is 7.63. The van der Waals surface area contributed by atoms with E-state index >= 15 is 0 Å². The molecule has 170 valence electrons. The number of aromatic nitrogens is 2. The van der Waals surface area contributed by atoms with Gasteiger partial charge in [0.1, 0.15) is 18.2 Å². The minimum Gasteiger partial charge on any atom is -0.492 e. The van der Waals surface area contributed by atoms with Gasteiger partial charge < -0.3 is 14.6 Å². The number of benzene rings is 3. The van der Waals surface area contributed by atoms with Crippen molar-refractivity contribution in [2.24, 2.45) is 0 Å². The van der Waals surface area contributed by atoms with E-state index in [0.717, 1.165) is 46.6 Å². The van der Waals surface area contributed by atoms with E-state index in [9.17, 15) is 4.79 Å². The Morgan fingerprint density at radius 2 is 1.79 bits per heavy atom. The summed E-state index contributed by atoms with van der Waals surface area (Å²) in [7, 11) is 0. The third-order valence-corrected chi connectivity index (χ3v) is 5.89. The van der Waals surface area contributed by atoms with Crippen LogP contribution in [0.2, 0.25) is 5.02 Å². The van der Waals surface area contributed by atoms with Gasteiger partial charge in [0.15, 0.2) is 0 Å². The van der Waals surface area contributed by atoms with Crippen LogP contribution in [0.1, 0.15) is 23.4 Å². The van der Waals surface area contributed by atoms with Crippen molar-refractivity contribution in [2.45, 2.75) is 32.7 Å². The first-order chi connectivity index (χ1) is 16.1. The predicted octanol–water partition coefficient (Wildman–Crippen LogP) is 5.37. The summed E-state index contributed by atoms with van der Waals surface area (Å²) in [6.45, 7) is 3.87. The molecule has 0 spiro atoms. The number of rotatable bonds is 10. The van der Waals surface area contributed by atoms with Gasteiger partial charge in [-0.2, -0.15) is 0 Å². The number of carbonyl (C=O) groups is 1. The summed E-state index contributed by atoms with van der Waals surface area (Å²) in [4.78, 5) is 17.1. The zero-order chi connectivity index (χ0) is 23.0. The van der Waals surface area contributed by atoms with E-state index in [1.807, 2.05) is 73.7 Å². The maximum Gasteiger partial charge on any atom is 0.224 e. The van der Waals surface area contributed by atoms with Crippen LogP contribution >= 0.6 is 11.6 Å². The van der Waals surface area contributed by atoms with E-state index in [0.29, 0.717) is 31.1 Å². The van der Waals surface area contributed by atoms with E-state index in [4.69, 9.17) is 21.3 Å². The number of nitrogens with zero attached hydrogens (tertiary/aromatic N) is 2. The van der Waals surface area contributed by atoms with Crippen molar-refractivity contribution < 1.29 is 9.53 Å². The van der Waals surface area contributed by atoms with Gasteiger partial charge in [0.05, 0.1) is 24.0 Å². The molecule has 0 atom stereocenters. The van der Waals surface area contributed by atoms with Gasteiger partial charge in [-0.25, -0.2) is 4.98 Å². The van der Waals surface area contributed by atoms with Crippen LogP contribution in [0, 0.1) is 6.92 Å². The first kappa shape index (κ1) is 22.9. The molecule has 33 heavy (non-hydrogen) atoms. The van der Waals surface area contributed by atoms with Crippen molar-refractivity contribution in [3.05, 3.63) is 94.8 Å². The lowest BCUT2D eigenvalue weighted by Crippen LogP contribution is -2.26. The van der Waals surface area contributed by atoms with Crippen LogP contribution in [0.25, 0.3) is 11.0 Å². The van der Waals surface area contributed by atoms with Crippen molar-refractivity contribution in [3.8, 4) is 5.75 Å². The van der Waals surface area contributed by atoms with Crippen molar-refractivity contribution >= 4 is 28.5 Å². The number of hydrogen-bond donors (Lipinski definition) is 1. The fraction of sp³-hybridized carbons (Fsp3) is 0.259. The third-order valence-electron chi connectivity index (χ3n) is 5.64. The summed E-state index contributed by atoms with van der Waals surface area (Å²) >= 11 is 5.95. The fourth-order valence-electron chi connectivity index (χ4n) is 3.87. The van der Waals surface area contributed by atoms with Gasteiger partial charge in [0.2, 0.25) is 5.91 Å². The SMILES string of the molecule is Cc1ccccc1CC(=O)NCCCc1nc2ccccc2n1CCOc1ccc(Cl)cc1. The lowest BCUT2D eigenvalue weighted by Gasteiger charge is -2.11. The molecule has 1 amide bonds. The molecule has 1 heterocycles. The Morgan fingerprint density at radius 1 is 1.03 bits per heavy atom. The molecule has 4 aromatic rings. The number of aryl methyl sites for hydroxylation is 2. The molecule has 0 unspecified atom stereocenters. The molecule has 1 aromatic heterocycles. The molecule has 0 aliphatic carbocycles. The highest BCUT2D eigenvalue weighted by Crippen LogP contribution is 2.19. The van der Waals surface area contributed by atoms with Gasteiger partial charge >= 0.3 is 0 Å². The van der Waals surface area contributed by atoms with Crippen LogP contribution in [-0.4, -0.2) is 28.6 Å². The summed E-state index contributed by atoms with van der Waals surface area (Å²) in [6.07, 6.45) is 2.01. The summed E-state index contributed by atoms with van der Waals surface area (Å²) in [5.41, 5.74) is 4.28. The largest absolute Gasteiger partial charge is 0.492 e. The number of para-hydroxylation sites is 2. The minimum atomic E-state index is 0.0502. The number of amides is 1. The predicted molar refractivity (Wildman–Crippen MR) is 133 cm³/mol. The zero-order valence-corrected chi connectivity index (χ0v) is 19.5. The van der Waals surface area contributed by atoms with Crippen LogP contribution in [0.3, 0.4) is 0 Å². The quantitative estimate of drug-likeness (QED) is 0.323. The Labute approximate surface area is 199 Å². The highest BCUT2D eigenvalue weighted by atomic mass is 35.5. The number of halogens is 1. The van der Waals surface area contributed by atoms with Crippen molar-refractivity contribution in [1.29, 1.82) is 0 Å². The van der Waals surface area contributed by atoms with Crippen LogP contribution < -0.4 is 10.1 Å². The lowest BCUT2D eigenvalue weighted by molar-refractivity contribution is -0.120. The van der Waals surface area contributed by atoms with Crippen LogP contribution in [0.4, 0.5) is 0 Å². The topological polar surface area (TPSA) is 56.2 Å². The van der Waals surface area contributed by atoms with E-state index in [2.05, 4.69) is 16.0 Å². The summed E-state index contributed by atoms with van der Waals surface area (Å²) in [5.74, 6) is 1.85. The van der Waals surface area contributed by atoms with E-state index in [1.54, 1.807) is 0 Å². The fourth-order valence-corrected chi connectivity index (χ4v) is 4.00. The van der Waals surface area contributed by atoms with Gasteiger partial charge in [-0.05, 0) is 60.9 Å². The molecular weight excluding hydrogens is 434 g/mol. The van der Waals surface area contributed by atoms with E-state index in [-0.39, 0.29) is 5.91 Å². The smallest absolute Gasteiger partial charge is 0.224 e. The second-order valence-electron chi connectivity index (χ2n) is 8.03. The molecule has 3 aromatic carbocycles. The average molecular weight is 462 g/mol. The third kappa shape index (κ3) is 6.14. The highest BCUT2D eigenvalue weighted by Gasteiger charge is 2.11. The Hall–Kier alpha value is -3.31. The average Bonchev–Trinajstić information content (AvgIpc) is 3.17. The Bertz CT molecular complexity index is 1220. The number of fused-ring (bicyclic) bond motifs is 1. The van der Waals surface area contributed by atoms with Gasteiger partial charge in [-0.3, -0.25) is 4.79 Å². The number of ether oxygens (including phenoxy) is 1. The standard InChI is InChI=1S/C27H28ClN3O2/c1-20-7-2-3-8-21(20)19-27(32)29-16-6-11-26-30-24-9-4-5-10-25(24)31(26)17-18-33-23-14-12-22(28)13-15-23/h2-5,7-10,12-15H,6,11,16-19H2,1H3,(H,29,32). The molecule has 0 saturated heterocycles. The number of nitrogens with one attached hydrogen (secondary N) is 1. The first-order valence-corrected chi connectivity index (χ1v) is 11.6. The Morgan fingerprint density at radius 3 is 2.61 bits per heavy atom. The molecule has 0 bridgehead atoms. The number of hydrogen-bond acceptors (Lipinski definition) is 3. The van der Waals surface area contributed by atoms with Crippen molar-refractivity contribution in [2.75, 3.05) is 13.2 Å². The molecule has 0 saturated carbocycles. The highest BCUT2D eigenvalue weighted by molar-refractivity contribution is 6.30. The zero-order valence-electron chi connectivity index (χ0n) is 18.8. The molecule has 1 N–H and O–H groups in total. The molecule has 0 radical (unpaired) electrons. The normalized spacial score (nSPS) is 11.0. The molecule has 4 rings (SSSR count). The van der Waals surface area contributed by atoms with E-state index < -0.39 is 0 Å². The van der Waals surface area contributed by atoms with Crippen LogP contribution in [-0.2, 0) is 24.2 Å². The maximum atomic E-state index is 12.3. The summed E-state index contributed by atoms with van der Waals surface area (Å²) < 4.78 is 8.11. The van der Waals surface area contributed by atoms with Gasteiger partial charge in [-0.15, -0.1) is 0 Å². The molecule has 5 nitrogen and oxygen atoms in total. The van der Waals surface area contributed by atoms with Gasteiger partial charge in [0.25, 0.3) is 0 Å². The number of imidazole rings is 1. The molecule has 6 heteroatoms. The van der Waals surface area contributed by atoms with Gasteiger partial charge in [-0.1, -0.05) is 48.0 Å². The molecule has 0 aliphatic rings. The molecule has 0 fully saturated rings. The monoisotopic (exact) mass is 461 g/mol. The first-order valence-electron chi connectivity index (χ1n) is 11.2. The second kappa shape index (κ2) is 11.0. The summed E-state index contributed by atoms with van der Waals surface area (Å²) in [5, 5.41) is 3.73. The minimum absolute atomic E-state index is 0.0502. The van der Waals surface area contributed by atoms with Crippen LogP contribution in [0.15, 0.2) is 72.8 Å². The maximum absolute atomic E-state index is 12.3. The van der Waals surface area contributed by atoms with Gasteiger partial charge in [0, 0.05) is 18.0 Å². The molecule has 0 aliphatic heterocycles. The second-order valence-corrected chi connectivity index (χ2v) is 8.46. The molecular formula is C27H28ClN3O2. The number of carbonyl (C=O) groups excluding carboxylic acids is 1. The van der Waals surface area contributed by atoms with Crippen molar-refractivity contribution in [1.82, 2.24) is 14.9 Å². The van der Waals surface area contributed by atoms with E-state index in [1.165, 1.54) is 0 Å². The van der Waals surface area contributed by atoms with Crippen LogP contribution in [0.5, 0.6) is 5.75 Å². The lowest BCUT2D eigenvalue weighted by atomic mass is 10.1. The Balaban J connectivity index is 1.32. The summed E-state index contributed by atoms with van der Waals surface area (Å²) in [6, 6.07) is 23.5.